The number of nitrogens with two attached hydrogens (primary N) is 1. The lowest BCUT2D eigenvalue weighted by Crippen LogP contribution is -2.02. The van der Waals surface area contributed by atoms with Gasteiger partial charge < -0.3 is 10.2 Å². The van der Waals surface area contributed by atoms with E-state index in [4.69, 9.17) is 15.2 Å². The number of rotatable bonds is 4. The SMILES string of the molecule is CCc1occc1-c1nn(-c2ccccc2)c(N)c1CC. The number of nitrogens with zero attached hydrogens (tertiary/aromatic N) is 2. The summed E-state index contributed by atoms with van der Waals surface area (Å²) in [7, 11) is 0. The van der Waals surface area contributed by atoms with E-state index in [1.807, 2.05) is 36.4 Å². The van der Waals surface area contributed by atoms with Crippen molar-refractivity contribution in [2.24, 2.45) is 0 Å². The van der Waals surface area contributed by atoms with Crippen LogP contribution in [0.15, 0.2) is 47.1 Å². The molecular weight excluding hydrogens is 262 g/mol. The third-order valence-electron chi connectivity index (χ3n) is 3.70. The summed E-state index contributed by atoms with van der Waals surface area (Å²) in [4.78, 5) is 0. The summed E-state index contributed by atoms with van der Waals surface area (Å²) in [5.41, 5.74) is 10.3. The summed E-state index contributed by atoms with van der Waals surface area (Å²) < 4.78 is 7.34. The number of nitrogen functional groups attached to an aromatic ring is 1. The zero-order chi connectivity index (χ0) is 14.8. The Bertz CT molecular complexity index is 741. The molecule has 0 spiro atoms. The summed E-state index contributed by atoms with van der Waals surface area (Å²) in [6, 6.07) is 11.9. The van der Waals surface area contributed by atoms with E-state index in [-0.39, 0.29) is 0 Å². The van der Waals surface area contributed by atoms with Gasteiger partial charge in [-0.05, 0) is 24.6 Å². The van der Waals surface area contributed by atoms with Gasteiger partial charge in [0.1, 0.15) is 17.3 Å². The van der Waals surface area contributed by atoms with E-state index in [1.54, 1.807) is 10.9 Å². The van der Waals surface area contributed by atoms with E-state index < -0.39 is 0 Å². The highest BCUT2D eigenvalue weighted by molar-refractivity contribution is 5.71. The predicted octanol–water partition coefficient (Wildman–Crippen LogP) is 3.84. The maximum absolute atomic E-state index is 6.31. The normalized spacial score (nSPS) is 11.0. The van der Waals surface area contributed by atoms with E-state index in [0.29, 0.717) is 5.82 Å². The van der Waals surface area contributed by atoms with E-state index in [1.165, 1.54) is 0 Å². The van der Waals surface area contributed by atoms with E-state index in [2.05, 4.69) is 13.8 Å². The molecule has 2 aromatic heterocycles. The molecule has 0 radical (unpaired) electrons. The van der Waals surface area contributed by atoms with Crippen molar-refractivity contribution in [3.63, 3.8) is 0 Å². The molecule has 1 aromatic carbocycles. The first kappa shape index (κ1) is 13.5. The Kier molecular flexibility index (Phi) is 3.52. The van der Waals surface area contributed by atoms with Crippen molar-refractivity contribution in [2.75, 3.05) is 5.73 Å². The minimum atomic E-state index is 0.696. The minimum absolute atomic E-state index is 0.696. The highest BCUT2D eigenvalue weighted by Crippen LogP contribution is 2.32. The third-order valence-corrected chi connectivity index (χ3v) is 3.70. The molecular formula is C17H19N3O. The zero-order valence-corrected chi connectivity index (χ0v) is 12.3. The molecule has 0 unspecified atom stereocenters. The number of para-hydroxylation sites is 1. The monoisotopic (exact) mass is 281 g/mol. The molecule has 2 heterocycles. The summed E-state index contributed by atoms with van der Waals surface area (Å²) in [6.07, 6.45) is 3.39. The quantitative estimate of drug-likeness (QED) is 0.790. The number of anilines is 1. The third kappa shape index (κ3) is 2.23. The van der Waals surface area contributed by atoms with Gasteiger partial charge in [0.15, 0.2) is 0 Å². The van der Waals surface area contributed by atoms with Gasteiger partial charge in [0.2, 0.25) is 0 Å². The molecule has 4 nitrogen and oxygen atoms in total. The van der Waals surface area contributed by atoms with E-state index >= 15 is 0 Å². The van der Waals surface area contributed by atoms with Gasteiger partial charge in [-0.1, -0.05) is 32.0 Å². The Morgan fingerprint density at radius 2 is 1.86 bits per heavy atom. The lowest BCUT2D eigenvalue weighted by molar-refractivity contribution is 0.517. The van der Waals surface area contributed by atoms with Crippen molar-refractivity contribution in [3.8, 4) is 16.9 Å². The highest BCUT2D eigenvalue weighted by Gasteiger charge is 2.19. The van der Waals surface area contributed by atoms with Crippen LogP contribution < -0.4 is 5.73 Å². The van der Waals surface area contributed by atoms with Crippen LogP contribution in [0.25, 0.3) is 16.9 Å². The number of furan rings is 1. The smallest absolute Gasteiger partial charge is 0.131 e. The molecule has 0 aliphatic heterocycles. The molecule has 0 aliphatic carbocycles. The molecule has 0 saturated heterocycles. The van der Waals surface area contributed by atoms with Gasteiger partial charge in [0.05, 0.1) is 12.0 Å². The molecule has 3 aromatic rings. The maximum Gasteiger partial charge on any atom is 0.131 e. The summed E-state index contributed by atoms with van der Waals surface area (Å²) in [5, 5.41) is 4.73. The second kappa shape index (κ2) is 5.48. The highest BCUT2D eigenvalue weighted by atomic mass is 16.3. The van der Waals surface area contributed by atoms with Crippen LogP contribution in [0.5, 0.6) is 0 Å². The number of aromatic nitrogens is 2. The fourth-order valence-corrected chi connectivity index (χ4v) is 2.62. The van der Waals surface area contributed by atoms with Crippen LogP contribution in [0.1, 0.15) is 25.2 Å². The zero-order valence-electron chi connectivity index (χ0n) is 12.3. The van der Waals surface area contributed by atoms with Crippen LogP contribution >= 0.6 is 0 Å². The topological polar surface area (TPSA) is 57.0 Å². The fraction of sp³-hybridized carbons (Fsp3) is 0.235. The molecule has 21 heavy (non-hydrogen) atoms. The summed E-state index contributed by atoms with van der Waals surface area (Å²) in [6.45, 7) is 4.17. The summed E-state index contributed by atoms with van der Waals surface area (Å²) in [5.74, 6) is 1.64. The minimum Gasteiger partial charge on any atom is -0.469 e. The van der Waals surface area contributed by atoms with Crippen molar-refractivity contribution in [1.82, 2.24) is 9.78 Å². The lowest BCUT2D eigenvalue weighted by Gasteiger charge is -2.03. The van der Waals surface area contributed by atoms with Gasteiger partial charge >= 0.3 is 0 Å². The summed E-state index contributed by atoms with van der Waals surface area (Å²) >= 11 is 0. The van der Waals surface area contributed by atoms with E-state index in [0.717, 1.165) is 41.1 Å². The average molecular weight is 281 g/mol. The second-order valence-electron chi connectivity index (χ2n) is 4.92. The number of hydrogen-bond donors (Lipinski definition) is 1. The van der Waals surface area contributed by atoms with Gasteiger partial charge in [-0.2, -0.15) is 5.10 Å². The van der Waals surface area contributed by atoms with Crippen LogP contribution in [0, 0.1) is 0 Å². The molecule has 0 fully saturated rings. The van der Waals surface area contributed by atoms with Crippen molar-refractivity contribution in [1.29, 1.82) is 0 Å². The molecule has 4 heteroatoms. The number of hydrogen-bond acceptors (Lipinski definition) is 3. The largest absolute Gasteiger partial charge is 0.469 e. The molecule has 108 valence electrons. The molecule has 0 amide bonds. The van der Waals surface area contributed by atoms with Gasteiger partial charge in [0.25, 0.3) is 0 Å². The Hall–Kier alpha value is -2.49. The van der Waals surface area contributed by atoms with Crippen LogP contribution in [-0.2, 0) is 12.8 Å². The lowest BCUT2D eigenvalue weighted by atomic mass is 10.1. The first-order valence-electron chi connectivity index (χ1n) is 7.25. The maximum atomic E-state index is 6.31. The Labute approximate surface area is 124 Å². The van der Waals surface area contributed by atoms with Crippen molar-refractivity contribution >= 4 is 5.82 Å². The van der Waals surface area contributed by atoms with Gasteiger partial charge in [-0.15, -0.1) is 0 Å². The predicted molar refractivity (Wildman–Crippen MR) is 84.4 cm³/mol. The van der Waals surface area contributed by atoms with Crippen molar-refractivity contribution < 1.29 is 4.42 Å². The van der Waals surface area contributed by atoms with Crippen molar-refractivity contribution in [2.45, 2.75) is 26.7 Å². The second-order valence-corrected chi connectivity index (χ2v) is 4.92. The molecule has 0 atom stereocenters. The Balaban J connectivity index is 2.19. The molecule has 0 bridgehead atoms. The van der Waals surface area contributed by atoms with E-state index in [9.17, 15) is 0 Å². The van der Waals surface area contributed by atoms with Crippen LogP contribution in [0.4, 0.5) is 5.82 Å². The molecule has 0 saturated carbocycles. The average Bonchev–Trinajstić information content (AvgIpc) is 3.11. The number of aryl methyl sites for hydroxylation is 1. The Morgan fingerprint density at radius 1 is 1.10 bits per heavy atom. The van der Waals surface area contributed by atoms with Gasteiger partial charge in [-0.25, -0.2) is 4.68 Å². The molecule has 0 aliphatic rings. The Morgan fingerprint density at radius 3 is 2.52 bits per heavy atom. The number of benzene rings is 1. The van der Waals surface area contributed by atoms with Crippen LogP contribution in [0.3, 0.4) is 0 Å². The standard InChI is InChI=1S/C17H19N3O/c1-3-13-16(14-10-11-21-15(14)4-2)19-20(17(13)18)12-8-6-5-7-9-12/h5-11H,3-4,18H2,1-2H3. The first-order valence-corrected chi connectivity index (χ1v) is 7.25. The van der Waals surface area contributed by atoms with Crippen LogP contribution in [-0.4, -0.2) is 9.78 Å². The fourth-order valence-electron chi connectivity index (χ4n) is 2.62. The van der Waals surface area contributed by atoms with Gasteiger partial charge in [-0.3, -0.25) is 0 Å². The van der Waals surface area contributed by atoms with Crippen LogP contribution in [0.2, 0.25) is 0 Å². The van der Waals surface area contributed by atoms with Crippen molar-refractivity contribution in [3.05, 3.63) is 54.0 Å². The molecule has 3 rings (SSSR count). The molecule has 2 N–H and O–H groups in total. The van der Waals surface area contributed by atoms with Gasteiger partial charge in [0, 0.05) is 17.5 Å². The first-order chi connectivity index (χ1) is 10.3.